The van der Waals surface area contributed by atoms with Crippen molar-refractivity contribution in [2.75, 3.05) is 0 Å². The molecule has 0 saturated heterocycles. The van der Waals surface area contributed by atoms with Crippen LogP contribution < -0.4 is 10.5 Å². The third-order valence-electron chi connectivity index (χ3n) is 4.35. The molecule has 1 fully saturated rings. The zero-order valence-corrected chi connectivity index (χ0v) is 13.7. The van der Waals surface area contributed by atoms with Gasteiger partial charge in [-0.3, -0.25) is 0 Å². The predicted octanol–water partition coefficient (Wildman–Crippen LogP) is 2.39. The molecular formula is C16H26N2O2S. The largest absolute Gasteiger partial charge is 0.326 e. The van der Waals surface area contributed by atoms with E-state index in [0.717, 1.165) is 30.4 Å². The van der Waals surface area contributed by atoms with Crippen molar-refractivity contribution in [1.82, 2.24) is 4.72 Å². The van der Waals surface area contributed by atoms with E-state index in [1.807, 2.05) is 24.3 Å². The standard InChI is InChI=1S/C16H26N2O2S/c1-12-6-7-16(13(2)8-12)18-21(19,20)11-15-5-3-4-14(9-15)10-17/h3-5,9,12-13,16,18H,6-8,10-11,17H2,1-2H3. The number of hydrogen-bond acceptors (Lipinski definition) is 3. The molecule has 0 aliphatic heterocycles. The minimum Gasteiger partial charge on any atom is -0.326 e. The van der Waals surface area contributed by atoms with Gasteiger partial charge in [0.05, 0.1) is 5.75 Å². The van der Waals surface area contributed by atoms with Crippen molar-refractivity contribution in [2.45, 2.75) is 51.4 Å². The van der Waals surface area contributed by atoms with E-state index >= 15 is 0 Å². The molecule has 0 radical (unpaired) electrons. The van der Waals surface area contributed by atoms with Crippen LogP contribution in [0.3, 0.4) is 0 Å². The van der Waals surface area contributed by atoms with E-state index in [0.29, 0.717) is 18.4 Å². The summed E-state index contributed by atoms with van der Waals surface area (Å²) in [5, 5.41) is 0. The summed E-state index contributed by atoms with van der Waals surface area (Å²) in [6.45, 7) is 4.80. The highest BCUT2D eigenvalue weighted by Gasteiger charge is 2.28. The van der Waals surface area contributed by atoms with Crippen LogP contribution in [0.4, 0.5) is 0 Å². The van der Waals surface area contributed by atoms with Gasteiger partial charge in [-0.15, -0.1) is 0 Å². The Morgan fingerprint density at radius 2 is 1.95 bits per heavy atom. The van der Waals surface area contributed by atoms with Crippen LogP contribution in [-0.2, 0) is 22.3 Å². The number of nitrogens with one attached hydrogen (secondary N) is 1. The molecule has 1 aromatic carbocycles. The summed E-state index contributed by atoms with van der Waals surface area (Å²) < 4.78 is 27.6. The monoisotopic (exact) mass is 310 g/mol. The molecular weight excluding hydrogens is 284 g/mol. The highest BCUT2D eigenvalue weighted by atomic mass is 32.2. The van der Waals surface area contributed by atoms with Crippen LogP contribution in [0.1, 0.15) is 44.2 Å². The van der Waals surface area contributed by atoms with Crippen LogP contribution in [0.25, 0.3) is 0 Å². The number of rotatable bonds is 5. The van der Waals surface area contributed by atoms with Crippen LogP contribution in [0, 0.1) is 11.8 Å². The van der Waals surface area contributed by atoms with Crippen molar-refractivity contribution in [1.29, 1.82) is 0 Å². The number of sulfonamides is 1. The first kappa shape index (κ1) is 16.5. The summed E-state index contributed by atoms with van der Waals surface area (Å²) in [5.74, 6) is 1.13. The summed E-state index contributed by atoms with van der Waals surface area (Å²) in [5.41, 5.74) is 7.35. The molecule has 1 saturated carbocycles. The number of hydrogen-bond donors (Lipinski definition) is 2. The molecule has 1 aliphatic carbocycles. The second-order valence-electron chi connectivity index (χ2n) is 6.40. The maximum atomic E-state index is 12.4. The minimum absolute atomic E-state index is 0.0274. The summed E-state index contributed by atoms with van der Waals surface area (Å²) in [6.07, 6.45) is 3.13. The fraction of sp³-hybridized carbons (Fsp3) is 0.625. The first-order chi connectivity index (χ1) is 9.89. The Morgan fingerprint density at radius 1 is 1.24 bits per heavy atom. The van der Waals surface area contributed by atoms with Crippen LogP contribution in [-0.4, -0.2) is 14.5 Å². The van der Waals surface area contributed by atoms with E-state index in [4.69, 9.17) is 5.73 Å². The number of benzene rings is 1. The lowest BCUT2D eigenvalue weighted by molar-refractivity contribution is 0.249. The van der Waals surface area contributed by atoms with Crippen molar-refractivity contribution >= 4 is 10.0 Å². The van der Waals surface area contributed by atoms with E-state index in [1.165, 1.54) is 0 Å². The average Bonchev–Trinajstić information content (AvgIpc) is 2.41. The van der Waals surface area contributed by atoms with Gasteiger partial charge in [0.15, 0.2) is 0 Å². The van der Waals surface area contributed by atoms with Crippen LogP contribution in [0.2, 0.25) is 0 Å². The normalized spacial score (nSPS) is 26.7. The lowest BCUT2D eigenvalue weighted by Gasteiger charge is -2.32. The van der Waals surface area contributed by atoms with Crippen molar-refractivity contribution in [3.63, 3.8) is 0 Å². The fourth-order valence-corrected chi connectivity index (χ4v) is 4.69. The van der Waals surface area contributed by atoms with Gasteiger partial charge in [0, 0.05) is 12.6 Å². The summed E-state index contributed by atoms with van der Waals surface area (Å²) in [4.78, 5) is 0. The third-order valence-corrected chi connectivity index (χ3v) is 5.72. The molecule has 1 aliphatic rings. The molecule has 3 N–H and O–H groups in total. The molecule has 0 bridgehead atoms. The Morgan fingerprint density at radius 3 is 2.62 bits per heavy atom. The van der Waals surface area contributed by atoms with Gasteiger partial charge in [0.25, 0.3) is 0 Å². The molecule has 0 heterocycles. The predicted molar refractivity (Wildman–Crippen MR) is 86.1 cm³/mol. The van der Waals surface area contributed by atoms with E-state index in [9.17, 15) is 8.42 Å². The lowest BCUT2D eigenvalue weighted by atomic mass is 9.80. The molecule has 5 heteroatoms. The molecule has 0 spiro atoms. The van der Waals surface area contributed by atoms with Gasteiger partial charge in [0.1, 0.15) is 0 Å². The zero-order valence-electron chi connectivity index (χ0n) is 12.9. The topological polar surface area (TPSA) is 72.2 Å². The SMILES string of the molecule is CC1CCC(NS(=O)(=O)Cc2cccc(CN)c2)C(C)C1. The summed E-state index contributed by atoms with van der Waals surface area (Å²) in [6, 6.07) is 7.55. The summed E-state index contributed by atoms with van der Waals surface area (Å²) in [7, 11) is -3.30. The van der Waals surface area contributed by atoms with Gasteiger partial charge in [-0.25, -0.2) is 13.1 Å². The van der Waals surface area contributed by atoms with E-state index in [2.05, 4.69) is 18.6 Å². The maximum Gasteiger partial charge on any atom is 0.216 e. The molecule has 3 unspecified atom stereocenters. The summed E-state index contributed by atoms with van der Waals surface area (Å²) >= 11 is 0. The van der Waals surface area contributed by atoms with E-state index in [-0.39, 0.29) is 11.8 Å². The van der Waals surface area contributed by atoms with Gasteiger partial charge in [-0.2, -0.15) is 0 Å². The Kier molecular flexibility index (Phi) is 5.41. The van der Waals surface area contributed by atoms with E-state index < -0.39 is 10.0 Å². The van der Waals surface area contributed by atoms with Crippen molar-refractivity contribution < 1.29 is 8.42 Å². The van der Waals surface area contributed by atoms with Gasteiger partial charge in [-0.1, -0.05) is 38.1 Å². The third kappa shape index (κ3) is 4.80. The van der Waals surface area contributed by atoms with Crippen molar-refractivity contribution in [2.24, 2.45) is 17.6 Å². The van der Waals surface area contributed by atoms with Crippen LogP contribution >= 0.6 is 0 Å². The maximum absolute atomic E-state index is 12.4. The quantitative estimate of drug-likeness (QED) is 0.877. The Bertz CT molecular complexity index is 571. The van der Waals surface area contributed by atoms with E-state index in [1.54, 1.807) is 0 Å². The first-order valence-electron chi connectivity index (χ1n) is 7.67. The smallest absolute Gasteiger partial charge is 0.216 e. The average molecular weight is 310 g/mol. The Hall–Kier alpha value is -0.910. The lowest BCUT2D eigenvalue weighted by Crippen LogP contribution is -2.42. The van der Waals surface area contributed by atoms with Crippen LogP contribution in [0.15, 0.2) is 24.3 Å². The molecule has 0 amide bonds. The molecule has 0 aromatic heterocycles. The second-order valence-corrected chi connectivity index (χ2v) is 8.16. The first-order valence-corrected chi connectivity index (χ1v) is 9.32. The second kappa shape index (κ2) is 6.90. The molecule has 118 valence electrons. The van der Waals surface area contributed by atoms with Gasteiger partial charge < -0.3 is 5.73 Å². The fourth-order valence-electron chi connectivity index (χ4n) is 3.18. The molecule has 3 atom stereocenters. The molecule has 21 heavy (non-hydrogen) atoms. The van der Waals surface area contributed by atoms with Crippen molar-refractivity contribution in [3.05, 3.63) is 35.4 Å². The van der Waals surface area contributed by atoms with Gasteiger partial charge in [0.2, 0.25) is 10.0 Å². The minimum atomic E-state index is -3.30. The number of nitrogens with two attached hydrogens (primary N) is 1. The van der Waals surface area contributed by atoms with Gasteiger partial charge >= 0.3 is 0 Å². The molecule has 4 nitrogen and oxygen atoms in total. The van der Waals surface area contributed by atoms with Crippen LogP contribution in [0.5, 0.6) is 0 Å². The van der Waals surface area contributed by atoms with Gasteiger partial charge in [-0.05, 0) is 42.2 Å². The molecule has 2 rings (SSSR count). The highest BCUT2D eigenvalue weighted by molar-refractivity contribution is 7.88. The molecule has 1 aromatic rings. The van der Waals surface area contributed by atoms with Crippen molar-refractivity contribution in [3.8, 4) is 0 Å². The Balaban J connectivity index is 2.01. The zero-order chi connectivity index (χ0) is 15.5. The Labute approximate surface area is 128 Å². The highest BCUT2D eigenvalue weighted by Crippen LogP contribution is 2.29.